The minimum atomic E-state index is 0.0343. The molecule has 2 aromatic heterocycles. The van der Waals surface area contributed by atoms with Crippen LogP contribution in [0.25, 0.3) is 0 Å². The maximum absolute atomic E-state index is 12.5. The summed E-state index contributed by atoms with van der Waals surface area (Å²) in [4.78, 5) is 37.0. The lowest BCUT2D eigenvalue weighted by molar-refractivity contribution is 0.0564. The van der Waals surface area contributed by atoms with Gasteiger partial charge < -0.3 is 9.80 Å². The number of hydrogen-bond acceptors (Lipinski definition) is 5. The number of pyridine rings is 1. The van der Waals surface area contributed by atoms with Crippen molar-refractivity contribution in [3.8, 4) is 0 Å². The van der Waals surface area contributed by atoms with Crippen LogP contribution >= 0.6 is 11.3 Å². The van der Waals surface area contributed by atoms with Crippen LogP contribution in [-0.2, 0) is 0 Å². The van der Waals surface area contributed by atoms with Gasteiger partial charge in [0.25, 0.3) is 11.8 Å². The third-order valence-corrected chi connectivity index (χ3v) is 5.98. The fourth-order valence-corrected chi connectivity index (χ4v) is 4.38. The summed E-state index contributed by atoms with van der Waals surface area (Å²) in [6.45, 7) is 3.05. The zero-order valence-electron chi connectivity index (χ0n) is 13.9. The SMILES string of the molecule is O=C(c1cccnc1)N1CCC2(CC1)CCN(C(=O)c1cscn1)C2. The number of aromatic nitrogens is 2. The number of likely N-dealkylation sites (tertiary alicyclic amines) is 2. The molecule has 130 valence electrons. The molecule has 4 heterocycles. The van der Waals surface area contributed by atoms with E-state index in [1.54, 1.807) is 24.0 Å². The molecule has 2 aliphatic rings. The highest BCUT2D eigenvalue weighted by atomic mass is 32.1. The van der Waals surface area contributed by atoms with Gasteiger partial charge in [-0.2, -0.15) is 0 Å². The van der Waals surface area contributed by atoms with E-state index in [2.05, 4.69) is 9.97 Å². The molecule has 6 nitrogen and oxygen atoms in total. The molecule has 7 heteroatoms. The van der Waals surface area contributed by atoms with Crippen molar-refractivity contribution in [1.82, 2.24) is 19.8 Å². The molecule has 0 N–H and O–H groups in total. The molecule has 0 saturated carbocycles. The van der Waals surface area contributed by atoms with Gasteiger partial charge in [0.2, 0.25) is 0 Å². The summed E-state index contributed by atoms with van der Waals surface area (Å²) in [5, 5.41) is 1.81. The highest BCUT2D eigenvalue weighted by molar-refractivity contribution is 7.07. The van der Waals surface area contributed by atoms with Gasteiger partial charge >= 0.3 is 0 Å². The fourth-order valence-electron chi connectivity index (χ4n) is 3.85. The van der Waals surface area contributed by atoms with Crippen LogP contribution in [0.4, 0.5) is 0 Å². The number of thiazole rings is 1. The third kappa shape index (κ3) is 3.16. The number of carbonyl (C=O) groups excluding carboxylic acids is 2. The van der Waals surface area contributed by atoms with E-state index >= 15 is 0 Å². The van der Waals surface area contributed by atoms with Crippen LogP contribution in [0.5, 0.6) is 0 Å². The van der Waals surface area contributed by atoms with E-state index in [1.165, 1.54) is 11.3 Å². The lowest BCUT2D eigenvalue weighted by Gasteiger charge is -2.39. The van der Waals surface area contributed by atoms with Crippen molar-refractivity contribution in [2.45, 2.75) is 19.3 Å². The topological polar surface area (TPSA) is 66.4 Å². The van der Waals surface area contributed by atoms with E-state index in [0.29, 0.717) is 11.3 Å². The Balaban J connectivity index is 1.37. The Bertz CT molecular complexity index is 755. The van der Waals surface area contributed by atoms with Gasteiger partial charge in [0, 0.05) is 44.0 Å². The van der Waals surface area contributed by atoms with Crippen LogP contribution in [0.2, 0.25) is 0 Å². The van der Waals surface area contributed by atoms with Crippen LogP contribution in [0.1, 0.15) is 40.1 Å². The van der Waals surface area contributed by atoms with Gasteiger partial charge in [-0.05, 0) is 36.8 Å². The van der Waals surface area contributed by atoms with E-state index in [9.17, 15) is 9.59 Å². The van der Waals surface area contributed by atoms with Crippen LogP contribution in [0.15, 0.2) is 35.4 Å². The zero-order chi connectivity index (χ0) is 17.3. The van der Waals surface area contributed by atoms with Crippen LogP contribution < -0.4 is 0 Å². The average Bonchev–Trinajstić information content (AvgIpc) is 3.33. The molecule has 2 fully saturated rings. The number of piperidine rings is 1. The number of hydrogen-bond donors (Lipinski definition) is 0. The van der Waals surface area contributed by atoms with Crippen LogP contribution in [0.3, 0.4) is 0 Å². The summed E-state index contributed by atoms with van der Waals surface area (Å²) >= 11 is 1.45. The molecule has 0 unspecified atom stereocenters. The van der Waals surface area contributed by atoms with Crippen molar-refractivity contribution < 1.29 is 9.59 Å². The van der Waals surface area contributed by atoms with Crippen LogP contribution in [-0.4, -0.2) is 57.8 Å². The third-order valence-electron chi connectivity index (χ3n) is 5.40. The molecule has 2 amide bonds. The Hall–Kier alpha value is -2.28. The first-order valence-electron chi connectivity index (χ1n) is 8.54. The summed E-state index contributed by atoms with van der Waals surface area (Å²) in [5.41, 5.74) is 3.04. The quantitative estimate of drug-likeness (QED) is 0.828. The van der Waals surface area contributed by atoms with Gasteiger partial charge in [-0.15, -0.1) is 11.3 Å². The molecular formula is C18H20N4O2S. The van der Waals surface area contributed by atoms with E-state index in [4.69, 9.17) is 0 Å². The Kier molecular flexibility index (Phi) is 4.25. The summed E-state index contributed by atoms with van der Waals surface area (Å²) in [5.74, 6) is 0.0864. The van der Waals surface area contributed by atoms with E-state index in [0.717, 1.165) is 45.4 Å². The van der Waals surface area contributed by atoms with Crippen molar-refractivity contribution >= 4 is 23.2 Å². The Labute approximate surface area is 150 Å². The van der Waals surface area contributed by atoms with Crippen molar-refractivity contribution in [3.63, 3.8) is 0 Å². The van der Waals surface area contributed by atoms with Gasteiger partial charge in [-0.1, -0.05) is 0 Å². The van der Waals surface area contributed by atoms with Gasteiger partial charge in [0.05, 0.1) is 11.1 Å². The maximum atomic E-state index is 12.5. The van der Waals surface area contributed by atoms with E-state index < -0.39 is 0 Å². The second-order valence-electron chi connectivity index (χ2n) is 6.88. The lowest BCUT2D eigenvalue weighted by Crippen LogP contribution is -2.44. The van der Waals surface area contributed by atoms with Crippen molar-refractivity contribution in [2.24, 2.45) is 5.41 Å². The molecule has 0 bridgehead atoms. The maximum Gasteiger partial charge on any atom is 0.273 e. The highest BCUT2D eigenvalue weighted by Gasteiger charge is 2.43. The predicted molar refractivity (Wildman–Crippen MR) is 94.4 cm³/mol. The fraction of sp³-hybridized carbons (Fsp3) is 0.444. The zero-order valence-corrected chi connectivity index (χ0v) is 14.7. The van der Waals surface area contributed by atoms with E-state index in [-0.39, 0.29) is 17.2 Å². The van der Waals surface area contributed by atoms with Crippen molar-refractivity contribution in [2.75, 3.05) is 26.2 Å². The molecule has 0 atom stereocenters. The first-order valence-corrected chi connectivity index (χ1v) is 9.48. The number of amides is 2. The van der Waals surface area contributed by atoms with Gasteiger partial charge in [0.1, 0.15) is 5.69 Å². The standard InChI is InChI=1S/C18H20N4O2S/c23-16(14-2-1-6-19-10-14)21-7-3-18(4-8-21)5-9-22(12-18)17(24)15-11-25-13-20-15/h1-2,6,10-11,13H,3-5,7-9,12H2. The second-order valence-corrected chi connectivity index (χ2v) is 7.60. The molecule has 0 radical (unpaired) electrons. The largest absolute Gasteiger partial charge is 0.339 e. The summed E-state index contributed by atoms with van der Waals surface area (Å²) in [7, 11) is 0. The predicted octanol–water partition coefficient (Wildman–Crippen LogP) is 2.31. The number of carbonyl (C=O) groups is 2. The molecule has 25 heavy (non-hydrogen) atoms. The Morgan fingerprint density at radius 2 is 1.84 bits per heavy atom. The van der Waals surface area contributed by atoms with Gasteiger partial charge in [-0.3, -0.25) is 14.6 Å². The Morgan fingerprint density at radius 1 is 1.08 bits per heavy atom. The monoisotopic (exact) mass is 356 g/mol. The molecule has 2 aliphatic heterocycles. The van der Waals surface area contributed by atoms with Gasteiger partial charge in [-0.25, -0.2) is 4.98 Å². The molecular weight excluding hydrogens is 336 g/mol. The molecule has 0 aliphatic carbocycles. The normalized spacial score (nSPS) is 19.4. The Morgan fingerprint density at radius 3 is 2.48 bits per heavy atom. The summed E-state index contributed by atoms with van der Waals surface area (Å²) in [6.07, 6.45) is 6.20. The molecule has 1 spiro atoms. The second kappa shape index (κ2) is 6.55. The van der Waals surface area contributed by atoms with E-state index in [1.807, 2.05) is 21.2 Å². The number of nitrogens with zero attached hydrogens (tertiary/aromatic N) is 4. The minimum Gasteiger partial charge on any atom is -0.339 e. The lowest BCUT2D eigenvalue weighted by atomic mass is 9.77. The highest BCUT2D eigenvalue weighted by Crippen LogP contribution is 2.41. The average molecular weight is 356 g/mol. The molecule has 0 aromatic carbocycles. The molecule has 2 saturated heterocycles. The minimum absolute atomic E-state index is 0.0343. The van der Waals surface area contributed by atoms with Crippen molar-refractivity contribution in [3.05, 3.63) is 46.7 Å². The number of rotatable bonds is 2. The van der Waals surface area contributed by atoms with Gasteiger partial charge in [0.15, 0.2) is 0 Å². The van der Waals surface area contributed by atoms with Crippen LogP contribution in [0, 0.1) is 5.41 Å². The summed E-state index contributed by atoms with van der Waals surface area (Å²) < 4.78 is 0. The molecule has 4 rings (SSSR count). The molecule has 2 aromatic rings. The first-order chi connectivity index (χ1) is 12.2. The smallest absolute Gasteiger partial charge is 0.273 e. The first kappa shape index (κ1) is 16.2. The summed E-state index contributed by atoms with van der Waals surface area (Å²) in [6, 6.07) is 3.60. The van der Waals surface area contributed by atoms with Crippen molar-refractivity contribution in [1.29, 1.82) is 0 Å².